The molecule has 2 aromatic rings. The van der Waals surface area contributed by atoms with Crippen molar-refractivity contribution in [2.75, 3.05) is 32.1 Å². The van der Waals surface area contributed by atoms with Gasteiger partial charge in [-0.05, 0) is 31.9 Å². The van der Waals surface area contributed by atoms with Crippen LogP contribution in [0, 0.1) is 6.92 Å². The summed E-state index contributed by atoms with van der Waals surface area (Å²) in [4.78, 5) is 29.3. The zero-order chi connectivity index (χ0) is 17.8. The summed E-state index contributed by atoms with van der Waals surface area (Å²) in [6, 6.07) is 3.61. The summed E-state index contributed by atoms with van der Waals surface area (Å²) < 4.78 is 6.07. The molecule has 3 rings (SSSR count). The van der Waals surface area contributed by atoms with E-state index >= 15 is 0 Å². The van der Waals surface area contributed by atoms with Crippen LogP contribution < -0.4 is 9.64 Å². The highest BCUT2D eigenvalue weighted by molar-refractivity contribution is 5.95. The number of carbonyl (C=O) groups is 1. The zero-order valence-electron chi connectivity index (χ0n) is 14.8. The van der Waals surface area contributed by atoms with Gasteiger partial charge in [0.2, 0.25) is 0 Å². The third kappa shape index (κ3) is 3.87. The summed E-state index contributed by atoms with van der Waals surface area (Å²) in [6.45, 7) is 3.12. The smallest absolute Gasteiger partial charge is 0.257 e. The lowest BCUT2D eigenvalue weighted by molar-refractivity contribution is 0.0527. The van der Waals surface area contributed by atoms with Gasteiger partial charge in [0.15, 0.2) is 5.82 Å². The number of likely N-dealkylation sites (tertiary alicyclic amines) is 1. The number of piperidine rings is 1. The molecule has 0 aromatic carbocycles. The van der Waals surface area contributed by atoms with Crippen molar-refractivity contribution in [2.24, 2.45) is 0 Å². The van der Waals surface area contributed by atoms with Crippen molar-refractivity contribution in [2.45, 2.75) is 25.9 Å². The Kier molecular flexibility index (Phi) is 5.11. The molecule has 3 heterocycles. The van der Waals surface area contributed by atoms with Crippen molar-refractivity contribution >= 4 is 11.7 Å². The number of carbonyl (C=O) groups excluding carboxylic acids is 1. The molecular formula is C18H23N5O2. The van der Waals surface area contributed by atoms with Crippen molar-refractivity contribution in [3.05, 3.63) is 42.0 Å². The molecule has 7 heteroatoms. The van der Waals surface area contributed by atoms with Gasteiger partial charge >= 0.3 is 0 Å². The molecule has 1 amide bonds. The van der Waals surface area contributed by atoms with Crippen LogP contribution in [0.3, 0.4) is 0 Å². The molecule has 0 radical (unpaired) electrons. The number of anilines is 1. The van der Waals surface area contributed by atoms with Gasteiger partial charge in [0.25, 0.3) is 11.8 Å². The van der Waals surface area contributed by atoms with Crippen LogP contribution in [0.2, 0.25) is 0 Å². The predicted molar refractivity (Wildman–Crippen MR) is 94.9 cm³/mol. The molecule has 1 aliphatic rings. The molecule has 0 unspecified atom stereocenters. The first-order valence-electron chi connectivity index (χ1n) is 8.42. The van der Waals surface area contributed by atoms with Gasteiger partial charge in [-0.3, -0.25) is 9.78 Å². The van der Waals surface area contributed by atoms with Crippen LogP contribution in [-0.2, 0) is 0 Å². The van der Waals surface area contributed by atoms with E-state index in [4.69, 9.17) is 4.74 Å². The van der Waals surface area contributed by atoms with Crippen molar-refractivity contribution < 1.29 is 9.53 Å². The van der Waals surface area contributed by atoms with E-state index in [-0.39, 0.29) is 12.0 Å². The second-order valence-corrected chi connectivity index (χ2v) is 6.35. The maximum atomic E-state index is 12.8. The highest BCUT2D eigenvalue weighted by Gasteiger charge is 2.27. The number of hydrogen-bond acceptors (Lipinski definition) is 6. The van der Waals surface area contributed by atoms with Crippen molar-refractivity contribution in [1.29, 1.82) is 0 Å². The van der Waals surface area contributed by atoms with Crippen molar-refractivity contribution in [1.82, 2.24) is 19.9 Å². The van der Waals surface area contributed by atoms with Crippen LogP contribution in [0.15, 0.2) is 30.7 Å². The van der Waals surface area contributed by atoms with Crippen LogP contribution in [-0.4, -0.2) is 59.0 Å². The molecule has 1 fully saturated rings. The third-order valence-corrected chi connectivity index (χ3v) is 4.25. The Morgan fingerprint density at radius 3 is 2.80 bits per heavy atom. The Bertz CT molecular complexity index is 750. The first-order chi connectivity index (χ1) is 12.1. The number of aryl methyl sites for hydroxylation is 1. The van der Waals surface area contributed by atoms with Gasteiger partial charge < -0.3 is 14.5 Å². The van der Waals surface area contributed by atoms with Crippen LogP contribution in [0.4, 0.5) is 5.82 Å². The van der Waals surface area contributed by atoms with E-state index < -0.39 is 0 Å². The number of nitrogens with zero attached hydrogens (tertiary/aromatic N) is 5. The molecular weight excluding hydrogens is 318 g/mol. The van der Waals surface area contributed by atoms with Crippen LogP contribution in [0.5, 0.6) is 5.88 Å². The number of ether oxygens (including phenoxy) is 1. The average Bonchev–Trinajstić information content (AvgIpc) is 2.62. The minimum Gasteiger partial charge on any atom is -0.470 e. The molecule has 25 heavy (non-hydrogen) atoms. The summed E-state index contributed by atoms with van der Waals surface area (Å²) in [6.07, 6.45) is 6.65. The van der Waals surface area contributed by atoms with E-state index in [1.54, 1.807) is 24.7 Å². The Balaban J connectivity index is 1.72. The lowest BCUT2D eigenvalue weighted by atomic mass is 10.1. The monoisotopic (exact) mass is 341 g/mol. The lowest BCUT2D eigenvalue weighted by Gasteiger charge is -2.33. The number of rotatable bonds is 4. The van der Waals surface area contributed by atoms with E-state index in [1.165, 1.54) is 0 Å². The zero-order valence-corrected chi connectivity index (χ0v) is 14.8. The SMILES string of the molecule is Cc1ncccc1C(=O)N1CCC[C@H](Oc2nccnc2N(C)C)C1. The van der Waals surface area contributed by atoms with E-state index in [1.807, 2.05) is 36.9 Å². The van der Waals surface area contributed by atoms with Crippen molar-refractivity contribution in [3.63, 3.8) is 0 Å². The molecule has 0 N–H and O–H groups in total. The molecule has 0 bridgehead atoms. The van der Waals surface area contributed by atoms with Gasteiger partial charge in [0.05, 0.1) is 12.1 Å². The second-order valence-electron chi connectivity index (χ2n) is 6.35. The summed E-state index contributed by atoms with van der Waals surface area (Å²) in [5, 5.41) is 0. The first-order valence-corrected chi connectivity index (χ1v) is 8.42. The van der Waals surface area contributed by atoms with Gasteiger partial charge in [0, 0.05) is 44.9 Å². The number of aromatic nitrogens is 3. The topological polar surface area (TPSA) is 71.5 Å². The summed E-state index contributed by atoms with van der Waals surface area (Å²) in [5.74, 6) is 1.20. The number of amides is 1. The standard InChI is InChI=1S/C18H23N5O2/c1-13-15(7-4-8-19-13)18(24)23-11-5-6-14(12-23)25-17-16(22(2)3)20-9-10-21-17/h4,7-10,14H,5-6,11-12H2,1-3H3/t14-/m0/s1. The van der Waals surface area contributed by atoms with E-state index in [2.05, 4.69) is 15.0 Å². The Morgan fingerprint density at radius 2 is 2.04 bits per heavy atom. The fraction of sp³-hybridized carbons (Fsp3) is 0.444. The van der Waals surface area contributed by atoms with Gasteiger partial charge in [-0.1, -0.05) is 0 Å². The first kappa shape index (κ1) is 17.1. The Hall–Kier alpha value is -2.70. The molecule has 7 nitrogen and oxygen atoms in total. The van der Waals surface area contributed by atoms with Gasteiger partial charge in [0.1, 0.15) is 6.10 Å². The van der Waals surface area contributed by atoms with Crippen molar-refractivity contribution in [3.8, 4) is 5.88 Å². The maximum Gasteiger partial charge on any atom is 0.257 e. The number of pyridine rings is 1. The molecule has 1 atom stereocenters. The average molecular weight is 341 g/mol. The molecule has 1 aliphatic heterocycles. The molecule has 0 saturated carbocycles. The minimum atomic E-state index is -0.0925. The summed E-state index contributed by atoms with van der Waals surface area (Å²) >= 11 is 0. The molecule has 1 saturated heterocycles. The highest BCUT2D eigenvalue weighted by atomic mass is 16.5. The molecule has 132 valence electrons. The lowest BCUT2D eigenvalue weighted by Crippen LogP contribution is -2.44. The fourth-order valence-electron chi connectivity index (χ4n) is 2.97. The summed E-state index contributed by atoms with van der Waals surface area (Å²) in [7, 11) is 3.80. The molecule has 0 spiro atoms. The normalized spacial score (nSPS) is 17.2. The number of hydrogen-bond donors (Lipinski definition) is 0. The third-order valence-electron chi connectivity index (χ3n) is 4.25. The fourth-order valence-corrected chi connectivity index (χ4v) is 2.97. The molecule has 0 aliphatic carbocycles. The maximum absolute atomic E-state index is 12.8. The van der Waals surface area contributed by atoms with Crippen LogP contribution >= 0.6 is 0 Å². The van der Waals surface area contributed by atoms with Gasteiger partial charge in [-0.2, -0.15) is 0 Å². The second kappa shape index (κ2) is 7.46. The van der Waals surface area contributed by atoms with E-state index in [0.29, 0.717) is 23.8 Å². The highest BCUT2D eigenvalue weighted by Crippen LogP contribution is 2.24. The van der Waals surface area contributed by atoms with Crippen LogP contribution in [0.25, 0.3) is 0 Å². The molecule has 2 aromatic heterocycles. The summed E-state index contributed by atoms with van der Waals surface area (Å²) in [5.41, 5.74) is 1.40. The minimum absolute atomic E-state index is 0.00544. The Labute approximate surface area is 147 Å². The van der Waals surface area contributed by atoms with E-state index in [9.17, 15) is 4.79 Å². The largest absolute Gasteiger partial charge is 0.470 e. The predicted octanol–water partition coefficient (Wildman–Crippen LogP) is 1.93. The van der Waals surface area contributed by atoms with E-state index in [0.717, 1.165) is 25.1 Å². The van der Waals surface area contributed by atoms with Gasteiger partial charge in [-0.25, -0.2) is 9.97 Å². The van der Waals surface area contributed by atoms with Gasteiger partial charge in [-0.15, -0.1) is 0 Å². The Morgan fingerprint density at radius 1 is 1.24 bits per heavy atom. The quantitative estimate of drug-likeness (QED) is 0.846. The van der Waals surface area contributed by atoms with Crippen LogP contribution in [0.1, 0.15) is 28.9 Å².